The van der Waals surface area contributed by atoms with Gasteiger partial charge in [0.05, 0.1) is 12.5 Å². The molecule has 3 atom stereocenters. The number of likely N-dealkylation sites (N-methyl/N-ethyl adjacent to an activating group) is 1. The largest absolute Gasteiger partial charge is 0.481 e. The van der Waals surface area contributed by atoms with Gasteiger partial charge in [-0.1, -0.05) is 20.8 Å². The Hall–Kier alpha value is -1.10. The van der Waals surface area contributed by atoms with Crippen LogP contribution in [0.15, 0.2) is 0 Å². The SMILES string of the molecule is CC1C(NC(=O)CN(C)C)CCC(C(=O)O)C1(C)C. The van der Waals surface area contributed by atoms with E-state index in [1.165, 1.54) is 0 Å². The fourth-order valence-corrected chi connectivity index (χ4v) is 2.98. The zero-order chi connectivity index (χ0) is 14.8. The molecule has 2 N–H and O–H groups in total. The van der Waals surface area contributed by atoms with Crippen LogP contribution in [0.2, 0.25) is 0 Å². The number of nitrogens with one attached hydrogen (secondary N) is 1. The van der Waals surface area contributed by atoms with Crippen molar-refractivity contribution in [3.05, 3.63) is 0 Å². The number of carbonyl (C=O) groups excluding carboxylic acids is 1. The first-order chi connectivity index (χ1) is 8.66. The second-order valence-electron chi connectivity index (χ2n) is 6.49. The predicted molar refractivity (Wildman–Crippen MR) is 73.8 cm³/mol. The van der Waals surface area contributed by atoms with E-state index >= 15 is 0 Å². The molecule has 1 aliphatic carbocycles. The van der Waals surface area contributed by atoms with Crippen molar-refractivity contribution in [2.75, 3.05) is 20.6 Å². The molecule has 0 saturated heterocycles. The topological polar surface area (TPSA) is 69.6 Å². The summed E-state index contributed by atoms with van der Waals surface area (Å²) in [6, 6.07) is 0.0676. The summed E-state index contributed by atoms with van der Waals surface area (Å²) in [5.74, 6) is -0.903. The van der Waals surface area contributed by atoms with Gasteiger partial charge in [-0.05, 0) is 38.3 Å². The van der Waals surface area contributed by atoms with E-state index in [1.807, 2.05) is 39.8 Å². The smallest absolute Gasteiger partial charge is 0.307 e. The average molecular weight is 270 g/mol. The van der Waals surface area contributed by atoms with Gasteiger partial charge in [-0.25, -0.2) is 0 Å². The molecule has 0 radical (unpaired) electrons. The summed E-state index contributed by atoms with van der Waals surface area (Å²) in [5.41, 5.74) is -0.305. The maximum atomic E-state index is 11.8. The lowest BCUT2D eigenvalue weighted by Crippen LogP contribution is -2.53. The summed E-state index contributed by atoms with van der Waals surface area (Å²) < 4.78 is 0. The number of carboxylic acids is 1. The molecule has 0 spiro atoms. The first-order valence-corrected chi connectivity index (χ1v) is 6.83. The highest BCUT2D eigenvalue weighted by molar-refractivity contribution is 5.78. The van der Waals surface area contributed by atoms with Crippen molar-refractivity contribution in [3.8, 4) is 0 Å². The quantitative estimate of drug-likeness (QED) is 0.805. The van der Waals surface area contributed by atoms with Crippen LogP contribution in [0.1, 0.15) is 33.6 Å². The van der Waals surface area contributed by atoms with Gasteiger partial charge in [0, 0.05) is 6.04 Å². The summed E-state index contributed by atoms with van der Waals surface area (Å²) in [7, 11) is 3.71. The van der Waals surface area contributed by atoms with E-state index in [0.29, 0.717) is 13.0 Å². The molecule has 3 unspecified atom stereocenters. The van der Waals surface area contributed by atoms with Crippen molar-refractivity contribution in [2.45, 2.75) is 39.7 Å². The van der Waals surface area contributed by atoms with Gasteiger partial charge in [0.25, 0.3) is 0 Å². The van der Waals surface area contributed by atoms with Crippen molar-refractivity contribution >= 4 is 11.9 Å². The van der Waals surface area contributed by atoms with Gasteiger partial charge in [-0.15, -0.1) is 0 Å². The van der Waals surface area contributed by atoms with Crippen molar-refractivity contribution in [2.24, 2.45) is 17.3 Å². The number of aliphatic carboxylic acids is 1. The van der Waals surface area contributed by atoms with Crippen LogP contribution in [0.4, 0.5) is 0 Å². The Morgan fingerprint density at radius 2 is 1.89 bits per heavy atom. The van der Waals surface area contributed by atoms with Gasteiger partial charge >= 0.3 is 5.97 Å². The molecule has 1 rings (SSSR count). The highest BCUT2D eigenvalue weighted by Gasteiger charge is 2.46. The van der Waals surface area contributed by atoms with E-state index in [0.717, 1.165) is 6.42 Å². The van der Waals surface area contributed by atoms with Crippen molar-refractivity contribution in [3.63, 3.8) is 0 Å². The van der Waals surface area contributed by atoms with Crippen LogP contribution in [-0.4, -0.2) is 48.6 Å². The second-order valence-corrected chi connectivity index (χ2v) is 6.49. The minimum absolute atomic E-state index is 0.00595. The highest BCUT2D eigenvalue weighted by atomic mass is 16.4. The minimum Gasteiger partial charge on any atom is -0.481 e. The molecule has 19 heavy (non-hydrogen) atoms. The van der Waals surface area contributed by atoms with Crippen LogP contribution >= 0.6 is 0 Å². The summed E-state index contributed by atoms with van der Waals surface area (Å²) >= 11 is 0. The third kappa shape index (κ3) is 3.69. The second kappa shape index (κ2) is 5.90. The lowest BCUT2D eigenvalue weighted by atomic mass is 9.61. The molecule has 5 heteroatoms. The standard InChI is InChI=1S/C14H26N2O3/c1-9-11(15-12(17)8-16(4)5)7-6-10(13(18)19)14(9,2)3/h9-11H,6-8H2,1-5H3,(H,15,17)(H,18,19). The molecular formula is C14H26N2O3. The Morgan fingerprint density at radius 1 is 1.32 bits per heavy atom. The Morgan fingerprint density at radius 3 is 2.37 bits per heavy atom. The van der Waals surface area contributed by atoms with E-state index in [1.54, 1.807) is 0 Å². The number of carboxylic acid groups (broad SMARTS) is 1. The van der Waals surface area contributed by atoms with Crippen molar-refractivity contribution < 1.29 is 14.7 Å². The fraction of sp³-hybridized carbons (Fsp3) is 0.857. The molecule has 0 aromatic carbocycles. The minimum atomic E-state index is -0.727. The molecule has 1 saturated carbocycles. The Balaban J connectivity index is 2.70. The normalized spacial score (nSPS) is 30.1. The molecular weight excluding hydrogens is 244 g/mol. The van der Waals surface area contributed by atoms with Crippen LogP contribution in [0.3, 0.4) is 0 Å². The van der Waals surface area contributed by atoms with Crippen molar-refractivity contribution in [1.29, 1.82) is 0 Å². The van der Waals surface area contributed by atoms with Gasteiger partial charge in [-0.3, -0.25) is 9.59 Å². The molecule has 0 aliphatic heterocycles. The van der Waals surface area contributed by atoms with Gasteiger partial charge in [0.2, 0.25) is 5.91 Å². The van der Waals surface area contributed by atoms with E-state index in [9.17, 15) is 14.7 Å². The maximum Gasteiger partial charge on any atom is 0.307 e. The van der Waals surface area contributed by atoms with E-state index in [2.05, 4.69) is 5.32 Å². The summed E-state index contributed by atoms with van der Waals surface area (Å²) in [5, 5.41) is 12.3. The van der Waals surface area contributed by atoms with Crippen LogP contribution in [0.25, 0.3) is 0 Å². The van der Waals surface area contributed by atoms with Gasteiger partial charge in [0.15, 0.2) is 0 Å². The number of rotatable bonds is 4. The Bertz CT molecular complexity index is 353. The highest BCUT2D eigenvalue weighted by Crippen LogP contribution is 2.45. The molecule has 0 heterocycles. The van der Waals surface area contributed by atoms with E-state index in [4.69, 9.17) is 0 Å². The average Bonchev–Trinajstić information content (AvgIpc) is 2.23. The first-order valence-electron chi connectivity index (χ1n) is 6.83. The first kappa shape index (κ1) is 16.0. The molecule has 5 nitrogen and oxygen atoms in total. The van der Waals surface area contributed by atoms with Gasteiger partial charge in [-0.2, -0.15) is 0 Å². The van der Waals surface area contributed by atoms with Crippen molar-refractivity contribution in [1.82, 2.24) is 10.2 Å². The van der Waals surface area contributed by atoms with Crippen LogP contribution in [0, 0.1) is 17.3 Å². The molecule has 0 aromatic rings. The summed E-state index contributed by atoms with van der Waals surface area (Å²) in [4.78, 5) is 24.9. The Labute approximate surface area is 115 Å². The third-order valence-corrected chi connectivity index (χ3v) is 4.55. The maximum absolute atomic E-state index is 11.8. The van der Waals surface area contributed by atoms with Crippen LogP contribution < -0.4 is 5.32 Å². The zero-order valence-corrected chi connectivity index (χ0v) is 12.6. The molecule has 1 amide bonds. The Kier molecular flexibility index (Phi) is 4.96. The predicted octanol–water partition coefficient (Wildman–Crippen LogP) is 1.19. The molecule has 0 bridgehead atoms. The van der Waals surface area contributed by atoms with Crippen LogP contribution in [0.5, 0.6) is 0 Å². The van der Waals surface area contributed by atoms with Gasteiger partial charge in [0.1, 0.15) is 0 Å². The number of nitrogens with zero attached hydrogens (tertiary/aromatic N) is 1. The van der Waals surface area contributed by atoms with Crippen LogP contribution in [-0.2, 0) is 9.59 Å². The van der Waals surface area contributed by atoms with Gasteiger partial charge < -0.3 is 15.3 Å². The van der Waals surface area contributed by atoms with E-state index < -0.39 is 5.97 Å². The lowest BCUT2D eigenvalue weighted by molar-refractivity contribution is -0.150. The number of hydrogen-bond acceptors (Lipinski definition) is 3. The third-order valence-electron chi connectivity index (χ3n) is 4.55. The number of amides is 1. The van der Waals surface area contributed by atoms with E-state index in [-0.39, 0.29) is 29.2 Å². The summed E-state index contributed by atoms with van der Waals surface area (Å²) in [6.07, 6.45) is 1.36. The summed E-state index contributed by atoms with van der Waals surface area (Å²) in [6.45, 7) is 6.38. The number of carbonyl (C=O) groups is 2. The fourth-order valence-electron chi connectivity index (χ4n) is 2.98. The molecule has 1 fully saturated rings. The molecule has 0 aromatic heterocycles. The number of hydrogen-bond donors (Lipinski definition) is 2. The molecule has 110 valence electrons. The lowest BCUT2D eigenvalue weighted by Gasteiger charge is -2.46. The zero-order valence-electron chi connectivity index (χ0n) is 12.6. The molecule has 1 aliphatic rings. The monoisotopic (exact) mass is 270 g/mol.